The molecule has 174 valence electrons. The fourth-order valence-corrected chi connectivity index (χ4v) is 4.01. The van der Waals surface area contributed by atoms with Crippen LogP contribution in [0, 0.1) is 18.3 Å². The molecule has 1 aliphatic heterocycles. The third-order valence-electron chi connectivity index (χ3n) is 5.86. The molecule has 1 aromatic carbocycles. The van der Waals surface area contributed by atoms with Gasteiger partial charge in [-0.25, -0.2) is 4.98 Å². The number of aliphatic hydroxyl groups is 2. The smallest absolute Gasteiger partial charge is 0.274 e. The summed E-state index contributed by atoms with van der Waals surface area (Å²) in [5.74, 6) is 0.162. The number of rotatable bonds is 5. The minimum absolute atomic E-state index is 0.199. The molecule has 0 radical (unpaired) electrons. The SMILES string of the molecule is Cc1ccc(NC(=O)c2cc(C(C)(C)O)ccn2)cc1-c1cnc(N2CC(C)(O)C2)c(C#N)c1. The van der Waals surface area contributed by atoms with Gasteiger partial charge in [0.15, 0.2) is 0 Å². The Hall–Kier alpha value is -3.80. The van der Waals surface area contributed by atoms with Crippen molar-refractivity contribution in [2.45, 2.75) is 38.9 Å². The Balaban J connectivity index is 1.59. The maximum absolute atomic E-state index is 12.8. The van der Waals surface area contributed by atoms with E-state index in [2.05, 4.69) is 21.4 Å². The van der Waals surface area contributed by atoms with Crippen LogP contribution in [0.3, 0.4) is 0 Å². The number of benzene rings is 1. The molecule has 8 nitrogen and oxygen atoms in total. The zero-order chi connectivity index (χ0) is 24.7. The van der Waals surface area contributed by atoms with E-state index in [-0.39, 0.29) is 5.69 Å². The molecule has 3 aromatic rings. The minimum atomic E-state index is -1.08. The second-order valence-corrected chi connectivity index (χ2v) is 9.53. The number of hydrogen-bond acceptors (Lipinski definition) is 7. The van der Waals surface area contributed by atoms with Gasteiger partial charge in [0.25, 0.3) is 5.91 Å². The van der Waals surface area contributed by atoms with E-state index in [1.54, 1.807) is 51.2 Å². The number of amides is 1. The summed E-state index contributed by atoms with van der Waals surface area (Å²) >= 11 is 0. The highest BCUT2D eigenvalue weighted by Gasteiger charge is 2.38. The number of hydrogen-bond donors (Lipinski definition) is 3. The Labute approximate surface area is 198 Å². The molecule has 0 saturated carbocycles. The Morgan fingerprint density at radius 2 is 1.94 bits per heavy atom. The van der Waals surface area contributed by atoms with Crippen molar-refractivity contribution in [2.75, 3.05) is 23.3 Å². The Morgan fingerprint density at radius 3 is 2.59 bits per heavy atom. The van der Waals surface area contributed by atoms with Crippen LogP contribution in [0.5, 0.6) is 0 Å². The van der Waals surface area contributed by atoms with Gasteiger partial charge in [-0.3, -0.25) is 9.78 Å². The van der Waals surface area contributed by atoms with E-state index in [0.29, 0.717) is 35.7 Å². The summed E-state index contributed by atoms with van der Waals surface area (Å²) in [7, 11) is 0. The second kappa shape index (κ2) is 8.52. The molecule has 0 atom stereocenters. The molecule has 8 heteroatoms. The molecule has 34 heavy (non-hydrogen) atoms. The first-order chi connectivity index (χ1) is 16.0. The van der Waals surface area contributed by atoms with Gasteiger partial charge in [0.05, 0.1) is 16.8 Å². The number of anilines is 2. The lowest BCUT2D eigenvalue weighted by Crippen LogP contribution is -2.60. The van der Waals surface area contributed by atoms with Crippen LogP contribution in [-0.4, -0.2) is 44.8 Å². The van der Waals surface area contributed by atoms with Crippen LogP contribution >= 0.6 is 0 Å². The van der Waals surface area contributed by atoms with Crippen LogP contribution in [0.4, 0.5) is 11.5 Å². The zero-order valence-electron chi connectivity index (χ0n) is 19.6. The number of nitrogens with zero attached hydrogens (tertiary/aromatic N) is 4. The lowest BCUT2D eigenvalue weighted by Gasteiger charge is -2.45. The van der Waals surface area contributed by atoms with Crippen LogP contribution < -0.4 is 10.2 Å². The van der Waals surface area contributed by atoms with Gasteiger partial charge < -0.3 is 20.4 Å². The third kappa shape index (κ3) is 4.76. The topological polar surface area (TPSA) is 122 Å². The molecule has 0 unspecified atom stereocenters. The summed E-state index contributed by atoms with van der Waals surface area (Å²) in [5, 5.41) is 32.8. The van der Waals surface area contributed by atoms with Crippen molar-refractivity contribution >= 4 is 17.4 Å². The van der Waals surface area contributed by atoms with Gasteiger partial charge in [-0.1, -0.05) is 6.07 Å². The Kier molecular flexibility index (Phi) is 5.86. The summed E-state index contributed by atoms with van der Waals surface area (Å²) in [6, 6.07) is 12.7. The first-order valence-corrected chi connectivity index (χ1v) is 11.0. The molecule has 0 bridgehead atoms. The van der Waals surface area contributed by atoms with E-state index in [1.165, 1.54) is 6.20 Å². The van der Waals surface area contributed by atoms with Gasteiger partial charge >= 0.3 is 0 Å². The number of pyridine rings is 2. The fourth-order valence-electron chi connectivity index (χ4n) is 4.01. The van der Waals surface area contributed by atoms with E-state index < -0.39 is 17.1 Å². The van der Waals surface area contributed by atoms with Crippen molar-refractivity contribution in [1.29, 1.82) is 5.26 Å². The maximum atomic E-state index is 12.8. The highest BCUT2D eigenvalue weighted by molar-refractivity contribution is 6.03. The van der Waals surface area contributed by atoms with E-state index in [9.17, 15) is 20.3 Å². The van der Waals surface area contributed by atoms with Crippen molar-refractivity contribution in [1.82, 2.24) is 9.97 Å². The van der Waals surface area contributed by atoms with E-state index >= 15 is 0 Å². The third-order valence-corrected chi connectivity index (χ3v) is 5.86. The van der Waals surface area contributed by atoms with Crippen molar-refractivity contribution < 1.29 is 15.0 Å². The minimum Gasteiger partial charge on any atom is -0.386 e. The normalized spacial score (nSPS) is 14.8. The predicted molar refractivity (Wildman–Crippen MR) is 129 cm³/mol. The second-order valence-electron chi connectivity index (χ2n) is 9.53. The van der Waals surface area contributed by atoms with Crippen molar-refractivity contribution in [2.24, 2.45) is 0 Å². The lowest BCUT2D eigenvalue weighted by atomic mass is 9.95. The largest absolute Gasteiger partial charge is 0.386 e. The van der Waals surface area contributed by atoms with Crippen molar-refractivity contribution in [3.8, 4) is 17.2 Å². The number of β-amino-alcohol motifs (C(OH)–C–C–N with tert-alkyl or cyclic N) is 1. The number of nitrogens with one attached hydrogen (secondary N) is 1. The van der Waals surface area contributed by atoms with Crippen LogP contribution in [0.15, 0.2) is 48.8 Å². The predicted octanol–water partition coefficient (Wildman–Crippen LogP) is 3.37. The average Bonchev–Trinajstić information content (AvgIpc) is 2.77. The number of aromatic nitrogens is 2. The number of nitriles is 1. The van der Waals surface area contributed by atoms with Crippen LogP contribution in [0.1, 0.15) is 48.0 Å². The van der Waals surface area contributed by atoms with E-state index in [4.69, 9.17) is 0 Å². The molecule has 0 spiro atoms. The zero-order valence-corrected chi connectivity index (χ0v) is 19.6. The summed E-state index contributed by atoms with van der Waals surface area (Å²) in [4.78, 5) is 23.3. The van der Waals surface area contributed by atoms with E-state index in [0.717, 1.165) is 16.7 Å². The summed E-state index contributed by atoms with van der Waals surface area (Å²) in [5.41, 5.74) is 2.49. The van der Waals surface area contributed by atoms with Gasteiger partial charge in [-0.2, -0.15) is 5.26 Å². The standard InChI is InChI=1S/C26H27N5O3/c1-16-5-6-20(30-24(32)22-10-19(7-8-28-22)25(2,3)33)11-21(16)18-9-17(12-27)23(29-13-18)31-14-26(4,34)15-31/h5-11,13,33-34H,14-15H2,1-4H3,(H,30,32). The molecule has 1 saturated heterocycles. The number of carbonyl (C=O) groups is 1. The van der Waals surface area contributed by atoms with Gasteiger partial charge in [0, 0.05) is 36.7 Å². The molecular weight excluding hydrogens is 430 g/mol. The summed E-state index contributed by atoms with van der Waals surface area (Å²) < 4.78 is 0. The number of carbonyl (C=O) groups excluding carboxylic acids is 1. The monoisotopic (exact) mass is 457 g/mol. The van der Waals surface area contributed by atoms with E-state index in [1.807, 2.05) is 24.0 Å². The number of aryl methyl sites for hydroxylation is 1. The molecule has 4 rings (SSSR count). The fraction of sp³-hybridized carbons (Fsp3) is 0.308. The van der Waals surface area contributed by atoms with Gasteiger partial charge in [0.2, 0.25) is 0 Å². The molecule has 3 N–H and O–H groups in total. The highest BCUT2D eigenvalue weighted by Crippen LogP contribution is 2.33. The maximum Gasteiger partial charge on any atom is 0.274 e. The van der Waals surface area contributed by atoms with Gasteiger partial charge in [-0.05, 0) is 74.7 Å². The Morgan fingerprint density at radius 1 is 1.21 bits per heavy atom. The first-order valence-electron chi connectivity index (χ1n) is 11.0. The molecule has 1 fully saturated rings. The first kappa shape index (κ1) is 23.4. The molecule has 2 aromatic heterocycles. The van der Waals surface area contributed by atoms with Crippen molar-refractivity contribution in [3.05, 3.63) is 71.2 Å². The molecule has 0 aliphatic carbocycles. The van der Waals surface area contributed by atoms with Crippen LogP contribution in [0.25, 0.3) is 11.1 Å². The van der Waals surface area contributed by atoms with Crippen LogP contribution in [0.2, 0.25) is 0 Å². The Bertz CT molecular complexity index is 1300. The lowest BCUT2D eigenvalue weighted by molar-refractivity contribution is 0.0305. The van der Waals surface area contributed by atoms with Crippen molar-refractivity contribution in [3.63, 3.8) is 0 Å². The molecular formula is C26H27N5O3. The average molecular weight is 458 g/mol. The summed E-state index contributed by atoms with van der Waals surface area (Å²) in [6.07, 6.45) is 3.20. The molecule has 1 amide bonds. The van der Waals surface area contributed by atoms with Gasteiger partial charge in [-0.15, -0.1) is 0 Å². The summed E-state index contributed by atoms with van der Waals surface area (Å²) in [6.45, 7) is 7.85. The molecule has 1 aliphatic rings. The molecule has 3 heterocycles. The highest BCUT2D eigenvalue weighted by atomic mass is 16.3. The van der Waals surface area contributed by atoms with Gasteiger partial charge in [0.1, 0.15) is 17.6 Å². The quantitative estimate of drug-likeness (QED) is 0.537. The van der Waals surface area contributed by atoms with Crippen LogP contribution in [-0.2, 0) is 5.60 Å².